The second-order valence-electron chi connectivity index (χ2n) is 5.61. The van der Waals surface area contributed by atoms with E-state index in [1.165, 1.54) is 24.1 Å². The molecule has 4 nitrogen and oxygen atoms in total. The first-order chi connectivity index (χ1) is 11.5. The summed E-state index contributed by atoms with van der Waals surface area (Å²) in [4.78, 5) is 10.3. The molecule has 6 heteroatoms. The smallest absolute Gasteiger partial charge is 0.258 e. The van der Waals surface area contributed by atoms with Gasteiger partial charge >= 0.3 is 0 Å². The maximum Gasteiger partial charge on any atom is 0.272 e. The highest BCUT2D eigenvalue weighted by Gasteiger charge is 2.17. The summed E-state index contributed by atoms with van der Waals surface area (Å²) >= 11 is 12.4. The van der Waals surface area contributed by atoms with E-state index in [0.29, 0.717) is 16.7 Å². The molecular formula is C18H12Cl2N2O2. The van der Waals surface area contributed by atoms with Crippen LogP contribution in [0.15, 0.2) is 35.9 Å². The normalized spacial score (nSPS) is 13.1. The molecular weight excluding hydrogens is 347 g/mol. The van der Waals surface area contributed by atoms with Crippen LogP contribution in [0.1, 0.15) is 30.4 Å². The van der Waals surface area contributed by atoms with E-state index in [-0.39, 0.29) is 15.7 Å². The van der Waals surface area contributed by atoms with Crippen LogP contribution in [0.2, 0.25) is 10.0 Å². The number of halogens is 2. The second kappa shape index (κ2) is 6.64. The number of hydrogen-bond donors (Lipinski definition) is 0. The molecule has 1 saturated carbocycles. The first-order valence-electron chi connectivity index (χ1n) is 7.37. The fourth-order valence-electron chi connectivity index (χ4n) is 2.62. The average molecular weight is 359 g/mol. The van der Waals surface area contributed by atoms with Crippen molar-refractivity contribution in [2.45, 2.75) is 19.3 Å². The lowest BCUT2D eigenvalue weighted by Gasteiger charge is -2.16. The maximum atomic E-state index is 10.9. The van der Waals surface area contributed by atoms with Crippen molar-refractivity contribution >= 4 is 35.0 Å². The van der Waals surface area contributed by atoms with E-state index in [9.17, 15) is 15.4 Å². The molecule has 0 bridgehead atoms. The molecule has 2 aromatic carbocycles. The molecule has 1 aliphatic rings. The van der Waals surface area contributed by atoms with Crippen LogP contribution >= 0.6 is 23.2 Å². The average Bonchev–Trinajstić information content (AvgIpc) is 2.50. The van der Waals surface area contributed by atoms with Crippen LogP contribution < -0.4 is 0 Å². The molecule has 1 fully saturated rings. The highest BCUT2D eigenvalue weighted by atomic mass is 35.5. The molecule has 0 amide bonds. The molecule has 0 spiro atoms. The molecule has 0 atom stereocenters. The molecule has 0 aromatic heterocycles. The van der Waals surface area contributed by atoms with Gasteiger partial charge in [0.15, 0.2) is 0 Å². The monoisotopic (exact) mass is 358 g/mol. The van der Waals surface area contributed by atoms with Crippen molar-refractivity contribution in [3.63, 3.8) is 0 Å². The number of nitriles is 1. The summed E-state index contributed by atoms with van der Waals surface area (Å²) in [6, 6.07) is 10.1. The van der Waals surface area contributed by atoms with Gasteiger partial charge in [0.25, 0.3) is 5.69 Å². The summed E-state index contributed by atoms with van der Waals surface area (Å²) < 4.78 is 0. The molecule has 0 unspecified atom stereocenters. The Morgan fingerprint density at radius 1 is 1.17 bits per heavy atom. The zero-order valence-electron chi connectivity index (χ0n) is 12.6. The van der Waals surface area contributed by atoms with Gasteiger partial charge in [0, 0.05) is 17.7 Å². The molecule has 0 heterocycles. The third-order valence-electron chi connectivity index (χ3n) is 4.06. The summed E-state index contributed by atoms with van der Waals surface area (Å²) in [7, 11) is 0. The van der Waals surface area contributed by atoms with Crippen LogP contribution in [0, 0.1) is 21.4 Å². The van der Waals surface area contributed by atoms with Gasteiger partial charge in [0.05, 0.1) is 26.6 Å². The van der Waals surface area contributed by atoms with Gasteiger partial charge < -0.3 is 0 Å². The number of hydrogen-bond acceptors (Lipinski definition) is 3. The summed E-state index contributed by atoms with van der Waals surface area (Å²) in [5.41, 5.74) is 3.71. The number of benzene rings is 2. The Bertz CT molecular complexity index is 885. The topological polar surface area (TPSA) is 66.9 Å². The Kier molecular flexibility index (Phi) is 4.57. The third-order valence-corrected chi connectivity index (χ3v) is 4.65. The Morgan fingerprint density at radius 2 is 1.83 bits per heavy atom. The third kappa shape index (κ3) is 3.14. The zero-order chi connectivity index (χ0) is 17.3. The summed E-state index contributed by atoms with van der Waals surface area (Å²) in [5, 5.41) is 20.7. The van der Waals surface area contributed by atoms with E-state index >= 15 is 0 Å². The number of nitro benzene ring substituents is 1. The Morgan fingerprint density at radius 3 is 2.33 bits per heavy atom. The summed E-state index contributed by atoms with van der Waals surface area (Å²) in [6.45, 7) is 0. The van der Waals surface area contributed by atoms with Crippen molar-refractivity contribution < 1.29 is 4.92 Å². The van der Waals surface area contributed by atoms with Gasteiger partial charge in [-0.3, -0.25) is 10.1 Å². The van der Waals surface area contributed by atoms with Gasteiger partial charge in [-0.2, -0.15) is 5.26 Å². The number of allylic oxidation sites excluding steroid dienone is 1. The van der Waals surface area contributed by atoms with E-state index in [2.05, 4.69) is 6.07 Å². The van der Waals surface area contributed by atoms with Crippen LogP contribution in [0.25, 0.3) is 17.2 Å². The van der Waals surface area contributed by atoms with Crippen molar-refractivity contribution in [2.24, 2.45) is 0 Å². The number of nitro groups is 1. The standard InChI is InChI=1S/C18H12Cl2N2O2/c19-16-8-15(22(23)24)9-17(20)18(16)13-5-4-12(14(7-13)10-21)6-11-2-1-3-11/h4-9H,1-3H2. The van der Waals surface area contributed by atoms with E-state index < -0.39 is 4.92 Å². The van der Waals surface area contributed by atoms with Gasteiger partial charge in [-0.25, -0.2) is 0 Å². The van der Waals surface area contributed by atoms with Gasteiger partial charge in [-0.05, 0) is 36.5 Å². The van der Waals surface area contributed by atoms with Crippen LogP contribution in [-0.2, 0) is 0 Å². The fourth-order valence-corrected chi connectivity index (χ4v) is 3.31. The number of nitrogens with zero attached hydrogens (tertiary/aromatic N) is 2. The molecule has 0 radical (unpaired) electrons. The minimum atomic E-state index is -0.545. The Hall–Kier alpha value is -2.35. The minimum Gasteiger partial charge on any atom is -0.258 e. The van der Waals surface area contributed by atoms with Gasteiger partial charge in [-0.1, -0.05) is 47.0 Å². The van der Waals surface area contributed by atoms with Gasteiger partial charge in [0.2, 0.25) is 0 Å². The molecule has 0 saturated heterocycles. The number of rotatable bonds is 3. The summed E-state index contributed by atoms with van der Waals surface area (Å²) in [6.07, 6.45) is 5.39. The van der Waals surface area contributed by atoms with Crippen LogP contribution in [-0.4, -0.2) is 4.92 Å². The molecule has 3 rings (SSSR count). The molecule has 0 aliphatic heterocycles. The van der Waals surface area contributed by atoms with Crippen LogP contribution in [0.5, 0.6) is 0 Å². The Labute approximate surface area is 149 Å². The zero-order valence-corrected chi connectivity index (χ0v) is 14.1. The van der Waals surface area contributed by atoms with E-state index in [4.69, 9.17) is 23.2 Å². The van der Waals surface area contributed by atoms with Crippen molar-refractivity contribution in [3.8, 4) is 17.2 Å². The van der Waals surface area contributed by atoms with Crippen LogP contribution in [0.4, 0.5) is 5.69 Å². The van der Waals surface area contributed by atoms with Crippen molar-refractivity contribution in [1.29, 1.82) is 5.26 Å². The maximum absolute atomic E-state index is 10.9. The second-order valence-corrected chi connectivity index (χ2v) is 6.43. The predicted molar refractivity (Wildman–Crippen MR) is 95.1 cm³/mol. The van der Waals surface area contributed by atoms with Gasteiger partial charge in [0.1, 0.15) is 0 Å². The SMILES string of the molecule is N#Cc1cc(-c2c(Cl)cc([N+](=O)[O-])cc2Cl)ccc1C=C1CCC1. The van der Waals surface area contributed by atoms with Crippen molar-refractivity contribution in [3.05, 3.63) is 67.2 Å². The molecule has 1 aliphatic carbocycles. The summed E-state index contributed by atoms with van der Waals surface area (Å²) in [5.74, 6) is 0. The predicted octanol–water partition coefficient (Wildman–Crippen LogP) is 6.01. The first kappa shape index (κ1) is 16.5. The highest BCUT2D eigenvalue weighted by Crippen LogP contribution is 2.39. The van der Waals surface area contributed by atoms with Crippen molar-refractivity contribution in [2.75, 3.05) is 0 Å². The largest absolute Gasteiger partial charge is 0.272 e. The van der Waals surface area contributed by atoms with E-state index in [1.54, 1.807) is 6.07 Å². The first-order valence-corrected chi connectivity index (χ1v) is 8.12. The fraction of sp³-hybridized carbons (Fsp3) is 0.167. The highest BCUT2D eigenvalue weighted by molar-refractivity contribution is 6.39. The number of non-ortho nitro benzene ring substituents is 1. The van der Waals surface area contributed by atoms with Crippen LogP contribution in [0.3, 0.4) is 0 Å². The molecule has 120 valence electrons. The Balaban J connectivity index is 2.07. The van der Waals surface area contributed by atoms with E-state index in [0.717, 1.165) is 18.4 Å². The molecule has 2 aromatic rings. The van der Waals surface area contributed by atoms with E-state index in [1.807, 2.05) is 18.2 Å². The van der Waals surface area contributed by atoms with Gasteiger partial charge in [-0.15, -0.1) is 0 Å². The molecule has 0 N–H and O–H groups in total. The lowest BCUT2D eigenvalue weighted by molar-refractivity contribution is -0.384. The quantitative estimate of drug-likeness (QED) is 0.498. The minimum absolute atomic E-state index is 0.166. The lowest BCUT2D eigenvalue weighted by Crippen LogP contribution is -1.97. The molecule has 24 heavy (non-hydrogen) atoms. The van der Waals surface area contributed by atoms with Crippen molar-refractivity contribution in [1.82, 2.24) is 0 Å². The lowest BCUT2D eigenvalue weighted by atomic mass is 9.89.